The van der Waals surface area contributed by atoms with Crippen molar-refractivity contribution >= 4 is 11.6 Å². The van der Waals surface area contributed by atoms with Crippen molar-refractivity contribution in [3.63, 3.8) is 0 Å². The molecule has 0 aromatic carbocycles. The highest BCUT2D eigenvalue weighted by molar-refractivity contribution is 5.97. The third-order valence-electron chi connectivity index (χ3n) is 2.34. The predicted octanol–water partition coefficient (Wildman–Crippen LogP) is 0.540. The summed E-state index contributed by atoms with van der Waals surface area (Å²) in [5, 5.41) is 15.0. The molecule has 1 rings (SSSR count). The molecule has 0 fully saturated rings. The standard InChI is InChI=1S/C10H15N5O/c1-3-7-8(12)9(14-13-7)10(16)15(2)6-4-5-11/h3-4,6,12H2,1-2H3,(H,13,14). The summed E-state index contributed by atoms with van der Waals surface area (Å²) < 4.78 is 0. The summed E-state index contributed by atoms with van der Waals surface area (Å²) in [5.74, 6) is -0.260. The first-order valence-electron chi connectivity index (χ1n) is 5.06. The van der Waals surface area contributed by atoms with Gasteiger partial charge in [-0.25, -0.2) is 0 Å². The van der Waals surface area contributed by atoms with Gasteiger partial charge in [-0.05, 0) is 6.42 Å². The lowest BCUT2D eigenvalue weighted by atomic mass is 10.2. The lowest BCUT2D eigenvalue weighted by molar-refractivity contribution is 0.0793. The van der Waals surface area contributed by atoms with Gasteiger partial charge in [0.25, 0.3) is 5.91 Å². The molecule has 0 spiro atoms. The lowest BCUT2D eigenvalue weighted by Crippen LogP contribution is -2.28. The fourth-order valence-electron chi connectivity index (χ4n) is 1.32. The number of H-pyrrole nitrogens is 1. The van der Waals surface area contributed by atoms with E-state index in [-0.39, 0.29) is 11.6 Å². The number of nitrogens with two attached hydrogens (primary N) is 1. The SMILES string of the molecule is CCc1[nH]nc(C(=O)N(C)CCC#N)c1N. The molecule has 0 saturated carbocycles. The van der Waals surface area contributed by atoms with E-state index in [0.717, 1.165) is 5.69 Å². The van der Waals surface area contributed by atoms with Crippen LogP contribution in [0.4, 0.5) is 5.69 Å². The summed E-state index contributed by atoms with van der Waals surface area (Å²) in [6.45, 7) is 2.31. The van der Waals surface area contributed by atoms with Crippen LogP contribution in [0.1, 0.15) is 29.5 Å². The minimum atomic E-state index is -0.260. The van der Waals surface area contributed by atoms with E-state index in [1.54, 1.807) is 7.05 Å². The number of anilines is 1. The second kappa shape index (κ2) is 5.16. The first-order valence-corrected chi connectivity index (χ1v) is 5.06. The van der Waals surface area contributed by atoms with E-state index in [4.69, 9.17) is 11.0 Å². The molecule has 3 N–H and O–H groups in total. The number of carbonyl (C=O) groups excluding carboxylic acids is 1. The summed E-state index contributed by atoms with van der Waals surface area (Å²) in [6, 6.07) is 1.98. The lowest BCUT2D eigenvalue weighted by Gasteiger charge is -2.13. The Hall–Kier alpha value is -2.03. The Bertz CT molecular complexity index is 417. The van der Waals surface area contributed by atoms with Crippen molar-refractivity contribution in [1.82, 2.24) is 15.1 Å². The molecular formula is C10H15N5O. The van der Waals surface area contributed by atoms with Gasteiger partial charge in [-0.15, -0.1) is 0 Å². The van der Waals surface area contributed by atoms with Crippen LogP contribution in [0.15, 0.2) is 0 Å². The van der Waals surface area contributed by atoms with Crippen LogP contribution in [-0.4, -0.2) is 34.6 Å². The van der Waals surface area contributed by atoms with E-state index in [2.05, 4.69) is 10.2 Å². The van der Waals surface area contributed by atoms with Gasteiger partial charge < -0.3 is 10.6 Å². The molecule has 86 valence electrons. The highest BCUT2D eigenvalue weighted by Gasteiger charge is 2.19. The number of aromatic nitrogens is 2. The van der Waals surface area contributed by atoms with E-state index < -0.39 is 0 Å². The number of hydrogen-bond donors (Lipinski definition) is 2. The molecule has 0 saturated heterocycles. The number of hydrogen-bond acceptors (Lipinski definition) is 4. The van der Waals surface area contributed by atoms with Crippen molar-refractivity contribution in [3.05, 3.63) is 11.4 Å². The third-order valence-corrected chi connectivity index (χ3v) is 2.34. The second-order valence-electron chi connectivity index (χ2n) is 3.45. The number of nitrogen functional groups attached to an aromatic ring is 1. The first-order chi connectivity index (χ1) is 7.61. The molecule has 0 atom stereocenters. The Morgan fingerprint density at radius 2 is 2.38 bits per heavy atom. The van der Waals surface area contributed by atoms with Gasteiger partial charge in [0, 0.05) is 13.6 Å². The van der Waals surface area contributed by atoms with Crippen LogP contribution in [0, 0.1) is 11.3 Å². The van der Waals surface area contributed by atoms with Crippen molar-refractivity contribution in [2.45, 2.75) is 19.8 Å². The molecule has 6 nitrogen and oxygen atoms in total. The van der Waals surface area contributed by atoms with Gasteiger partial charge in [0.2, 0.25) is 0 Å². The van der Waals surface area contributed by atoms with Crippen LogP contribution < -0.4 is 5.73 Å². The van der Waals surface area contributed by atoms with Crippen LogP contribution >= 0.6 is 0 Å². The smallest absolute Gasteiger partial charge is 0.276 e. The summed E-state index contributed by atoms with van der Waals surface area (Å²) in [7, 11) is 1.62. The van der Waals surface area contributed by atoms with Gasteiger partial charge in [-0.2, -0.15) is 10.4 Å². The number of nitrogens with zero attached hydrogens (tertiary/aromatic N) is 3. The van der Waals surface area contributed by atoms with E-state index >= 15 is 0 Å². The molecule has 16 heavy (non-hydrogen) atoms. The van der Waals surface area contributed by atoms with E-state index in [1.807, 2.05) is 13.0 Å². The summed E-state index contributed by atoms with van der Waals surface area (Å²) in [4.78, 5) is 13.3. The Balaban J connectivity index is 2.80. The van der Waals surface area contributed by atoms with Crippen LogP contribution in [0.5, 0.6) is 0 Å². The van der Waals surface area contributed by atoms with Crippen LogP contribution in [0.25, 0.3) is 0 Å². The van der Waals surface area contributed by atoms with Crippen LogP contribution in [0.3, 0.4) is 0 Å². The molecule has 0 radical (unpaired) electrons. The van der Waals surface area contributed by atoms with Gasteiger partial charge >= 0.3 is 0 Å². The first kappa shape index (κ1) is 12.0. The number of aromatic amines is 1. The third kappa shape index (κ3) is 2.31. The molecule has 0 aliphatic rings. The van der Waals surface area contributed by atoms with Gasteiger partial charge in [0.05, 0.1) is 23.9 Å². The molecule has 1 heterocycles. The second-order valence-corrected chi connectivity index (χ2v) is 3.45. The number of nitrogens with one attached hydrogen (secondary N) is 1. The highest BCUT2D eigenvalue weighted by Crippen LogP contribution is 2.15. The van der Waals surface area contributed by atoms with Crippen molar-refractivity contribution in [3.8, 4) is 6.07 Å². The molecule has 0 bridgehead atoms. The summed E-state index contributed by atoms with van der Waals surface area (Å²) >= 11 is 0. The minimum Gasteiger partial charge on any atom is -0.395 e. The van der Waals surface area contributed by atoms with Crippen LogP contribution in [-0.2, 0) is 6.42 Å². The molecule has 1 amide bonds. The van der Waals surface area contributed by atoms with Crippen molar-refractivity contribution in [1.29, 1.82) is 5.26 Å². The Morgan fingerprint density at radius 1 is 1.69 bits per heavy atom. The monoisotopic (exact) mass is 221 g/mol. The summed E-state index contributed by atoms with van der Waals surface area (Å²) in [6.07, 6.45) is 1.00. The quantitative estimate of drug-likeness (QED) is 0.775. The van der Waals surface area contributed by atoms with Crippen molar-refractivity contribution in [2.24, 2.45) is 0 Å². The molecular weight excluding hydrogens is 206 g/mol. The molecule has 0 unspecified atom stereocenters. The molecule has 0 aliphatic carbocycles. The highest BCUT2D eigenvalue weighted by atomic mass is 16.2. The number of aryl methyl sites for hydroxylation is 1. The Labute approximate surface area is 94.0 Å². The normalized spacial score (nSPS) is 9.81. The maximum atomic E-state index is 11.9. The van der Waals surface area contributed by atoms with Crippen LogP contribution in [0.2, 0.25) is 0 Å². The zero-order valence-electron chi connectivity index (χ0n) is 9.45. The van der Waals surface area contributed by atoms with E-state index in [0.29, 0.717) is 25.1 Å². The predicted molar refractivity (Wildman–Crippen MR) is 59.6 cm³/mol. The van der Waals surface area contributed by atoms with Crippen molar-refractivity contribution in [2.75, 3.05) is 19.3 Å². The van der Waals surface area contributed by atoms with Gasteiger partial charge in [0.15, 0.2) is 5.69 Å². The molecule has 6 heteroatoms. The largest absolute Gasteiger partial charge is 0.395 e. The summed E-state index contributed by atoms with van der Waals surface area (Å²) in [5.41, 5.74) is 7.17. The fourth-order valence-corrected chi connectivity index (χ4v) is 1.32. The van der Waals surface area contributed by atoms with Gasteiger partial charge in [0.1, 0.15) is 0 Å². The topological polar surface area (TPSA) is 98.8 Å². The minimum absolute atomic E-state index is 0.234. The molecule has 1 aromatic heterocycles. The number of nitriles is 1. The average molecular weight is 221 g/mol. The maximum absolute atomic E-state index is 11.9. The maximum Gasteiger partial charge on any atom is 0.276 e. The fraction of sp³-hybridized carbons (Fsp3) is 0.500. The van der Waals surface area contributed by atoms with Gasteiger partial charge in [-0.3, -0.25) is 9.89 Å². The number of amides is 1. The molecule has 1 aromatic rings. The van der Waals surface area contributed by atoms with Crippen molar-refractivity contribution < 1.29 is 4.79 Å². The van der Waals surface area contributed by atoms with Gasteiger partial charge in [-0.1, -0.05) is 6.92 Å². The molecule has 0 aliphatic heterocycles. The average Bonchev–Trinajstić information content (AvgIpc) is 2.66. The zero-order chi connectivity index (χ0) is 12.1. The number of rotatable bonds is 4. The number of carbonyl (C=O) groups is 1. The van der Waals surface area contributed by atoms with E-state index in [1.165, 1.54) is 4.90 Å². The zero-order valence-corrected chi connectivity index (χ0v) is 9.45. The Kier molecular flexibility index (Phi) is 3.89. The van der Waals surface area contributed by atoms with E-state index in [9.17, 15) is 4.79 Å². The Morgan fingerprint density at radius 3 is 2.88 bits per heavy atom.